The maximum atomic E-state index is 6.34. The zero-order valence-electron chi connectivity index (χ0n) is 11.9. The Balaban J connectivity index is 1.89. The molecule has 1 aliphatic carbocycles. The third kappa shape index (κ3) is 3.23. The van der Waals surface area contributed by atoms with Gasteiger partial charge in [0.05, 0.1) is 0 Å². The smallest absolute Gasteiger partial charge is 0.00795 e. The van der Waals surface area contributed by atoms with Crippen LogP contribution in [-0.4, -0.2) is 30.1 Å². The molecule has 1 aliphatic heterocycles. The first-order chi connectivity index (χ1) is 8.08. The lowest BCUT2D eigenvalue weighted by Crippen LogP contribution is -2.44. The van der Waals surface area contributed by atoms with Gasteiger partial charge >= 0.3 is 0 Å². The average molecular weight is 238 g/mol. The van der Waals surface area contributed by atoms with E-state index in [1.165, 1.54) is 45.2 Å². The van der Waals surface area contributed by atoms with Gasteiger partial charge in [-0.3, -0.25) is 0 Å². The molecule has 0 radical (unpaired) electrons. The molecule has 1 heterocycles. The summed E-state index contributed by atoms with van der Waals surface area (Å²) in [4.78, 5) is 2.67. The monoisotopic (exact) mass is 238 g/mol. The number of hydrogen-bond donors (Lipinski definition) is 1. The molecule has 17 heavy (non-hydrogen) atoms. The molecule has 4 unspecified atom stereocenters. The van der Waals surface area contributed by atoms with E-state index in [-0.39, 0.29) is 0 Å². The second-order valence-electron chi connectivity index (χ2n) is 6.73. The predicted octanol–water partition coefficient (Wildman–Crippen LogP) is 2.87. The van der Waals surface area contributed by atoms with Crippen LogP contribution in [0.4, 0.5) is 0 Å². The SMILES string of the molecule is CC(C)C1CCC(N)C(CN2CCCC2C)C1. The van der Waals surface area contributed by atoms with Crippen molar-refractivity contribution >= 4 is 0 Å². The first kappa shape index (κ1) is 13.4. The lowest BCUT2D eigenvalue weighted by Gasteiger charge is -2.38. The second kappa shape index (κ2) is 5.71. The van der Waals surface area contributed by atoms with Gasteiger partial charge in [-0.2, -0.15) is 0 Å². The van der Waals surface area contributed by atoms with Crippen LogP contribution in [0.2, 0.25) is 0 Å². The van der Waals surface area contributed by atoms with Gasteiger partial charge in [-0.15, -0.1) is 0 Å². The molecule has 0 bridgehead atoms. The molecule has 4 atom stereocenters. The van der Waals surface area contributed by atoms with Gasteiger partial charge in [0.15, 0.2) is 0 Å². The van der Waals surface area contributed by atoms with Crippen molar-refractivity contribution < 1.29 is 0 Å². The molecular weight excluding hydrogens is 208 g/mol. The molecule has 2 fully saturated rings. The second-order valence-corrected chi connectivity index (χ2v) is 6.73. The molecule has 0 aromatic carbocycles. The van der Waals surface area contributed by atoms with E-state index in [4.69, 9.17) is 5.73 Å². The number of nitrogens with zero attached hydrogens (tertiary/aromatic N) is 1. The van der Waals surface area contributed by atoms with Gasteiger partial charge in [0, 0.05) is 18.6 Å². The number of nitrogens with two attached hydrogens (primary N) is 1. The van der Waals surface area contributed by atoms with Crippen LogP contribution < -0.4 is 5.73 Å². The Morgan fingerprint density at radius 1 is 1.24 bits per heavy atom. The minimum atomic E-state index is 0.456. The van der Waals surface area contributed by atoms with E-state index in [2.05, 4.69) is 25.7 Å². The summed E-state index contributed by atoms with van der Waals surface area (Å²) in [5.74, 6) is 2.50. The van der Waals surface area contributed by atoms with Crippen LogP contribution in [-0.2, 0) is 0 Å². The van der Waals surface area contributed by atoms with Crippen molar-refractivity contribution in [3.05, 3.63) is 0 Å². The molecule has 0 aromatic heterocycles. The van der Waals surface area contributed by atoms with Gasteiger partial charge in [0.2, 0.25) is 0 Å². The predicted molar refractivity (Wildman–Crippen MR) is 73.9 cm³/mol. The third-order valence-corrected chi connectivity index (χ3v) is 5.18. The molecule has 1 saturated heterocycles. The molecule has 2 nitrogen and oxygen atoms in total. The molecule has 100 valence electrons. The Labute approximate surface area is 107 Å². The normalized spacial score (nSPS) is 40.1. The lowest BCUT2D eigenvalue weighted by atomic mass is 9.73. The molecule has 2 heteroatoms. The molecule has 0 amide bonds. The molecule has 0 aromatic rings. The van der Waals surface area contributed by atoms with Crippen molar-refractivity contribution in [1.82, 2.24) is 4.90 Å². The van der Waals surface area contributed by atoms with Gasteiger partial charge < -0.3 is 10.6 Å². The van der Waals surface area contributed by atoms with Crippen molar-refractivity contribution in [2.45, 2.75) is 65.0 Å². The number of hydrogen-bond acceptors (Lipinski definition) is 2. The van der Waals surface area contributed by atoms with Crippen LogP contribution in [0.1, 0.15) is 52.9 Å². The maximum Gasteiger partial charge on any atom is 0.00795 e. The highest BCUT2D eigenvalue weighted by molar-refractivity contribution is 4.87. The highest BCUT2D eigenvalue weighted by atomic mass is 15.2. The lowest BCUT2D eigenvalue weighted by molar-refractivity contribution is 0.134. The highest BCUT2D eigenvalue weighted by Crippen LogP contribution is 2.34. The Hall–Kier alpha value is -0.0800. The summed E-state index contributed by atoms with van der Waals surface area (Å²) in [6.07, 6.45) is 6.73. The molecule has 2 rings (SSSR count). The Morgan fingerprint density at radius 2 is 2.00 bits per heavy atom. The minimum Gasteiger partial charge on any atom is -0.327 e. The van der Waals surface area contributed by atoms with Crippen molar-refractivity contribution in [1.29, 1.82) is 0 Å². The third-order valence-electron chi connectivity index (χ3n) is 5.18. The van der Waals surface area contributed by atoms with Gasteiger partial charge in [-0.1, -0.05) is 13.8 Å². The Morgan fingerprint density at radius 3 is 2.59 bits per heavy atom. The van der Waals surface area contributed by atoms with Crippen molar-refractivity contribution in [3.63, 3.8) is 0 Å². The van der Waals surface area contributed by atoms with E-state index >= 15 is 0 Å². The van der Waals surface area contributed by atoms with Crippen molar-refractivity contribution in [2.75, 3.05) is 13.1 Å². The minimum absolute atomic E-state index is 0.456. The summed E-state index contributed by atoms with van der Waals surface area (Å²) in [6.45, 7) is 9.68. The summed E-state index contributed by atoms with van der Waals surface area (Å²) in [7, 11) is 0. The van der Waals surface area contributed by atoms with Gasteiger partial charge in [0.25, 0.3) is 0 Å². The van der Waals surface area contributed by atoms with Crippen molar-refractivity contribution in [2.24, 2.45) is 23.5 Å². The molecule has 2 N–H and O–H groups in total. The van der Waals surface area contributed by atoms with Crippen LogP contribution in [0, 0.1) is 17.8 Å². The zero-order valence-corrected chi connectivity index (χ0v) is 11.9. The first-order valence-corrected chi connectivity index (χ1v) is 7.57. The maximum absolute atomic E-state index is 6.34. The van der Waals surface area contributed by atoms with E-state index in [9.17, 15) is 0 Å². The van der Waals surface area contributed by atoms with Gasteiger partial charge in [-0.25, -0.2) is 0 Å². The van der Waals surface area contributed by atoms with Crippen LogP contribution in [0.15, 0.2) is 0 Å². The molecule has 0 spiro atoms. The van der Waals surface area contributed by atoms with Gasteiger partial charge in [-0.05, 0) is 63.3 Å². The molecule has 2 aliphatic rings. The summed E-state index contributed by atoms with van der Waals surface area (Å²) < 4.78 is 0. The zero-order chi connectivity index (χ0) is 12.4. The number of likely N-dealkylation sites (tertiary alicyclic amines) is 1. The van der Waals surface area contributed by atoms with Crippen LogP contribution in [0.5, 0.6) is 0 Å². The van der Waals surface area contributed by atoms with E-state index in [0.29, 0.717) is 6.04 Å². The van der Waals surface area contributed by atoms with E-state index in [1.807, 2.05) is 0 Å². The topological polar surface area (TPSA) is 29.3 Å². The fraction of sp³-hybridized carbons (Fsp3) is 1.00. The fourth-order valence-corrected chi connectivity index (χ4v) is 3.70. The summed E-state index contributed by atoms with van der Waals surface area (Å²) in [5.41, 5.74) is 6.34. The summed E-state index contributed by atoms with van der Waals surface area (Å²) in [5, 5.41) is 0. The van der Waals surface area contributed by atoms with Crippen molar-refractivity contribution in [3.8, 4) is 0 Å². The van der Waals surface area contributed by atoms with E-state index in [0.717, 1.165) is 23.8 Å². The van der Waals surface area contributed by atoms with Crippen LogP contribution >= 0.6 is 0 Å². The number of rotatable bonds is 3. The highest BCUT2D eigenvalue weighted by Gasteiger charge is 2.32. The Bertz CT molecular complexity index is 239. The summed E-state index contributed by atoms with van der Waals surface area (Å²) >= 11 is 0. The van der Waals surface area contributed by atoms with Crippen LogP contribution in [0.25, 0.3) is 0 Å². The fourth-order valence-electron chi connectivity index (χ4n) is 3.70. The molecule has 1 saturated carbocycles. The standard InChI is InChI=1S/C15H30N2/c1-11(2)13-6-7-15(16)14(9-13)10-17-8-4-5-12(17)3/h11-15H,4-10,16H2,1-3H3. The van der Waals surface area contributed by atoms with Crippen LogP contribution in [0.3, 0.4) is 0 Å². The first-order valence-electron chi connectivity index (χ1n) is 7.57. The van der Waals surface area contributed by atoms with E-state index < -0.39 is 0 Å². The average Bonchev–Trinajstić information content (AvgIpc) is 2.67. The Kier molecular flexibility index (Phi) is 4.48. The largest absolute Gasteiger partial charge is 0.327 e. The van der Waals surface area contributed by atoms with E-state index in [1.54, 1.807) is 0 Å². The quantitative estimate of drug-likeness (QED) is 0.819. The molecular formula is C15H30N2. The van der Waals surface area contributed by atoms with Gasteiger partial charge in [0.1, 0.15) is 0 Å². The summed E-state index contributed by atoms with van der Waals surface area (Å²) in [6, 6.07) is 1.25.